The Balaban J connectivity index is 2.17. The first-order chi connectivity index (χ1) is 8.15. The minimum Gasteiger partial charge on any atom is -0.399 e. The highest BCUT2D eigenvalue weighted by atomic mass is 79.9. The molecule has 1 heterocycles. The van der Waals surface area contributed by atoms with Gasteiger partial charge in [-0.25, -0.2) is 0 Å². The molecule has 0 aliphatic heterocycles. The number of nitrogens with one attached hydrogen (secondary N) is 1. The monoisotopic (exact) mass is 291 g/mol. The Morgan fingerprint density at radius 3 is 2.82 bits per heavy atom. The SMILES string of the molecule is Nc1cccc(NC(=O)c2cncc(Br)c2)c1. The summed E-state index contributed by atoms with van der Waals surface area (Å²) in [5, 5.41) is 2.75. The minimum atomic E-state index is -0.218. The first-order valence-electron chi connectivity index (χ1n) is 4.92. The van der Waals surface area contributed by atoms with Gasteiger partial charge in [0.25, 0.3) is 5.91 Å². The van der Waals surface area contributed by atoms with E-state index in [0.717, 1.165) is 4.47 Å². The summed E-state index contributed by atoms with van der Waals surface area (Å²) in [5.74, 6) is -0.218. The van der Waals surface area contributed by atoms with Gasteiger partial charge in [0.2, 0.25) is 0 Å². The van der Waals surface area contributed by atoms with Crippen LogP contribution in [-0.4, -0.2) is 10.9 Å². The lowest BCUT2D eigenvalue weighted by Crippen LogP contribution is -2.12. The van der Waals surface area contributed by atoms with Gasteiger partial charge in [0.15, 0.2) is 0 Å². The summed E-state index contributed by atoms with van der Waals surface area (Å²) >= 11 is 3.26. The van der Waals surface area contributed by atoms with Crippen molar-refractivity contribution in [2.45, 2.75) is 0 Å². The molecule has 0 atom stereocenters. The number of nitrogens with zero attached hydrogens (tertiary/aromatic N) is 1. The first kappa shape index (κ1) is 11.6. The largest absolute Gasteiger partial charge is 0.399 e. The molecule has 0 unspecified atom stereocenters. The van der Waals surface area contributed by atoms with Gasteiger partial charge in [-0.3, -0.25) is 9.78 Å². The van der Waals surface area contributed by atoms with Crippen LogP contribution in [0.3, 0.4) is 0 Å². The van der Waals surface area contributed by atoms with E-state index in [1.165, 1.54) is 6.20 Å². The summed E-state index contributed by atoms with van der Waals surface area (Å²) in [6.07, 6.45) is 3.13. The number of amides is 1. The Morgan fingerprint density at radius 1 is 1.29 bits per heavy atom. The molecule has 17 heavy (non-hydrogen) atoms. The van der Waals surface area contributed by atoms with Crippen LogP contribution in [0.25, 0.3) is 0 Å². The fourth-order valence-electron chi connectivity index (χ4n) is 1.36. The second-order valence-electron chi connectivity index (χ2n) is 3.47. The third-order valence-electron chi connectivity index (χ3n) is 2.11. The summed E-state index contributed by atoms with van der Waals surface area (Å²) in [6, 6.07) is 8.72. The minimum absolute atomic E-state index is 0.218. The average molecular weight is 292 g/mol. The summed E-state index contributed by atoms with van der Waals surface area (Å²) in [7, 11) is 0. The molecule has 1 aromatic carbocycles. The fraction of sp³-hybridized carbons (Fsp3) is 0. The van der Waals surface area contributed by atoms with E-state index in [9.17, 15) is 4.79 Å². The molecule has 0 bridgehead atoms. The van der Waals surface area contributed by atoms with Crippen LogP contribution in [0.5, 0.6) is 0 Å². The highest BCUT2D eigenvalue weighted by Gasteiger charge is 2.06. The quantitative estimate of drug-likeness (QED) is 0.836. The number of carbonyl (C=O) groups is 1. The predicted octanol–water partition coefficient (Wildman–Crippen LogP) is 2.68. The molecule has 86 valence electrons. The lowest BCUT2D eigenvalue weighted by atomic mass is 10.2. The summed E-state index contributed by atoms with van der Waals surface area (Å²) in [4.78, 5) is 15.8. The van der Waals surface area contributed by atoms with Crippen molar-refractivity contribution < 1.29 is 4.79 Å². The van der Waals surface area contributed by atoms with Crippen molar-refractivity contribution in [2.24, 2.45) is 0 Å². The molecule has 1 amide bonds. The van der Waals surface area contributed by atoms with Gasteiger partial charge < -0.3 is 11.1 Å². The Hall–Kier alpha value is -1.88. The molecule has 2 aromatic rings. The number of nitrogens with two attached hydrogens (primary N) is 1. The second-order valence-corrected chi connectivity index (χ2v) is 4.39. The predicted molar refractivity (Wildman–Crippen MR) is 70.7 cm³/mol. The zero-order chi connectivity index (χ0) is 12.3. The Labute approximate surface area is 107 Å². The fourth-order valence-corrected chi connectivity index (χ4v) is 1.72. The number of aromatic nitrogens is 1. The van der Waals surface area contributed by atoms with E-state index in [1.54, 1.807) is 36.5 Å². The number of pyridine rings is 1. The van der Waals surface area contributed by atoms with E-state index in [0.29, 0.717) is 16.9 Å². The molecule has 2 rings (SSSR count). The summed E-state index contributed by atoms with van der Waals surface area (Å²) in [5.41, 5.74) is 7.38. The topological polar surface area (TPSA) is 68.0 Å². The van der Waals surface area contributed by atoms with Crippen molar-refractivity contribution in [3.63, 3.8) is 0 Å². The van der Waals surface area contributed by atoms with Gasteiger partial charge in [0.1, 0.15) is 0 Å². The first-order valence-corrected chi connectivity index (χ1v) is 5.72. The van der Waals surface area contributed by atoms with Gasteiger partial charge in [-0.15, -0.1) is 0 Å². The van der Waals surface area contributed by atoms with Gasteiger partial charge in [-0.05, 0) is 40.2 Å². The highest BCUT2D eigenvalue weighted by Crippen LogP contribution is 2.14. The molecule has 1 aromatic heterocycles. The molecular formula is C12H10BrN3O. The normalized spacial score (nSPS) is 9.94. The molecule has 5 heteroatoms. The third kappa shape index (κ3) is 3.04. The second kappa shape index (κ2) is 4.97. The molecule has 3 N–H and O–H groups in total. The molecule has 0 saturated heterocycles. The zero-order valence-corrected chi connectivity index (χ0v) is 10.4. The van der Waals surface area contributed by atoms with E-state index in [-0.39, 0.29) is 5.91 Å². The average Bonchev–Trinajstić information content (AvgIpc) is 2.29. The van der Waals surface area contributed by atoms with Crippen LogP contribution in [0.4, 0.5) is 11.4 Å². The zero-order valence-electron chi connectivity index (χ0n) is 8.85. The smallest absolute Gasteiger partial charge is 0.257 e. The summed E-state index contributed by atoms with van der Waals surface area (Å²) in [6.45, 7) is 0. The molecule has 0 aliphatic carbocycles. The van der Waals surface area contributed by atoms with Crippen LogP contribution in [-0.2, 0) is 0 Å². The number of halogens is 1. The molecule has 0 fully saturated rings. The molecule has 0 radical (unpaired) electrons. The van der Waals surface area contributed by atoms with Crippen molar-refractivity contribution in [2.75, 3.05) is 11.1 Å². The maximum atomic E-state index is 11.9. The van der Waals surface area contributed by atoms with Crippen LogP contribution in [0.2, 0.25) is 0 Å². The Morgan fingerprint density at radius 2 is 2.12 bits per heavy atom. The van der Waals surface area contributed by atoms with Gasteiger partial charge >= 0.3 is 0 Å². The van der Waals surface area contributed by atoms with Crippen LogP contribution >= 0.6 is 15.9 Å². The van der Waals surface area contributed by atoms with E-state index in [1.807, 2.05) is 0 Å². The lowest BCUT2D eigenvalue weighted by Gasteiger charge is -2.05. The number of hydrogen-bond acceptors (Lipinski definition) is 3. The summed E-state index contributed by atoms with van der Waals surface area (Å²) < 4.78 is 0.762. The van der Waals surface area contributed by atoms with Crippen LogP contribution < -0.4 is 11.1 Å². The number of benzene rings is 1. The highest BCUT2D eigenvalue weighted by molar-refractivity contribution is 9.10. The van der Waals surface area contributed by atoms with E-state index in [2.05, 4.69) is 26.2 Å². The van der Waals surface area contributed by atoms with E-state index >= 15 is 0 Å². The molecule has 4 nitrogen and oxygen atoms in total. The van der Waals surface area contributed by atoms with Crippen molar-refractivity contribution in [3.8, 4) is 0 Å². The number of carbonyl (C=O) groups excluding carboxylic acids is 1. The Bertz CT molecular complexity index is 557. The van der Waals surface area contributed by atoms with Crippen molar-refractivity contribution in [1.29, 1.82) is 0 Å². The van der Waals surface area contributed by atoms with E-state index < -0.39 is 0 Å². The van der Waals surface area contributed by atoms with Crippen LogP contribution in [0, 0.1) is 0 Å². The standard InChI is InChI=1S/C12H10BrN3O/c13-9-4-8(6-15-7-9)12(17)16-11-3-1-2-10(14)5-11/h1-7H,14H2,(H,16,17). The van der Waals surface area contributed by atoms with E-state index in [4.69, 9.17) is 5.73 Å². The van der Waals surface area contributed by atoms with Gasteiger partial charge in [0, 0.05) is 28.2 Å². The maximum Gasteiger partial charge on any atom is 0.257 e. The maximum absolute atomic E-state index is 11.9. The van der Waals surface area contributed by atoms with Crippen molar-refractivity contribution in [3.05, 3.63) is 52.8 Å². The molecule has 0 spiro atoms. The molecular weight excluding hydrogens is 282 g/mol. The lowest BCUT2D eigenvalue weighted by molar-refractivity contribution is 0.102. The van der Waals surface area contributed by atoms with Gasteiger partial charge in [0.05, 0.1) is 5.56 Å². The van der Waals surface area contributed by atoms with Crippen LogP contribution in [0.1, 0.15) is 10.4 Å². The molecule has 0 aliphatic rings. The number of nitrogen functional groups attached to an aromatic ring is 1. The van der Waals surface area contributed by atoms with Crippen molar-refractivity contribution in [1.82, 2.24) is 4.98 Å². The van der Waals surface area contributed by atoms with Crippen LogP contribution in [0.15, 0.2) is 47.2 Å². The number of rotatable bonds is 2. The Kier molecular flexibility index (Phi) is 3.39. The van der Waals surface area contributed by atoms with Gasteiger partial charge in [-0.2, -0.15) is 0 Å². The number of anilines is 2. The molecule has 0 saturated carbocycles. The third-order valence-corrected chi connectivity index (χ3v) is 2.55. The van der Waals surface area contributed by atoms with Gasteiger partial charge in [-0.1, -0.05) is 6.07 Å². The van der Waals surface area contributed by atoms with Crippen molar-refractivity contribution >= 4 is 33.2 Å². The number of hydrogen-bond donors (Lipinski definition) is 2.